The van der Waals surface area contributed by atoms with Crippen LogP contribution in [0, 0.1) is 0 Å². The minimum atomic E-state index is -0.390. The van der Waals surface area contributed by atoms with Crippen molar-refractivity contribution in [3.05, 3.63) is 47.5 Å². The highest BCUT2D eigenvalue weighted by atomic mass is 35.5. The number of methoxy groups -OCH3 is 1. The Morgan fingerprint density at radius 3 is 2.82 bits per heavy atom. The van der Waals surface area contributed by atoms with E-state index < -0.39 is 0 Å². The zero-order valence-electron chi connectivity index (χ0n) is 11.6. The molecule has 0 saturated heterocycles. The molecule has 0 aliphatic carbocycles. The van der Waals surface area contributed by atoms with Crippen LogP contribution < -0.4 is 15.4 Å². The number of nitrogens with zero attached hydrogens (tertiary/aromatic N) is 1. The van der Waals surface area contributed by atoms with Crippen LogP contribution in [0.5, 0.6) is 5.75 Å². The quantitative estimate of drug-likeness (QED) is 0.736. The molecule has 0 fully saturated rings. The molecule has 0 saturated carbocycles. The molecule has 0 spiro atoms. The van der Waals surface area contributed by atoms with Crippen LogP contribution in [0.4, 0.5) is 15.6 Å². The predicted molar refractivity (Wildman–Crippen MR) is 90.3 cm³/mol. The Labute approximate surface area is 135 Å². The van der Waals surface area contributed by atoms with Gasteiger partial charge in [0.2, 0.25) is 0 Å². The number of aromatic nitrogens is 1. The Bertz CT molecular complexity index is 835. The number of hydrogen-bond donors (Lipinski definition) is 2. The van der Waals surface area contributed by atoms with E-state index in [2.05, 4.69) is 15.6 Å². The molecule has 0 aliphatic rings. The molecule has 3 rings (SSSR count). The topological polar surface area (TPSA) is 63.2 Å². The van der Waals surface area contributed by atoms with Crippen molar-refractivity contribution < 1.29 is 9.53 Å². The summed E-state index contributed by atoms with van der Waals surface area (Å²) in [7, 11) is 1.61. The van der Waals surface area contributed by atoms with E-state index in [1.807, 2.05) is 18.2 Å². The maximum Gasteiger partial charge on any atom is 0.325 e. The molecule has 3 aromatic rings. The second-order valence-electron chi connectivity index (χ2n) is 4.41. The average Bonchev–Trinajstić information content (AvgIpc) is 2.90. The largest absolute Gasteiger partial charge is 0.497 e. The summed E-state index contributed by atoms with van der Waals surface area (Å²) < 4.78 is 6.11. The number of halogens is 1. The number of urea groups is 1. The molecule has 22 heavy (non-hydrogen) atoms. The SMILES string of the molecule is COc1ccc2nc(NC(=O)Nc3ccccc3Cl)sc2c1. The Hall–Kier alpha value is -2.31. The first-order valence-corrected chi connectivity index (χ1v) is 7.62. The number of amides is 2. The zero-order chi connectivity index (χ0) is 15.5. The minimum absolute atomic E-state index is 0.390. The van der Waals surface area contributed by atoms with E-state index in [1.54, 1.807) is 31.4 Å². The third kappa shape index (κ3) is 3.13. The maximum atomic E-state index is 12.0. The fourth-order valence-electron chi connectivity index (χ4n) is 1.90. The average molecular weight is 334 g/mol. The first kappa shape index (κ1) is 14.6. The van der Waals surface area contributed by atoms with Gasteiger partial charge in [0, 0.05) is 0 Å². The molecule has 112 valence electrons. The highest BCUT2D eigenvalue weighted by Crippen LogP contribution is 2.29. The van der Waals surface area contributed by atoms with Crippen molar-refractivity contribution in [3.63, 3.8) is 0 Å². The van der Waals surface area contributed by atoms with Crippen LogP contribution in [0.15, 0.2) is 42.5 Å². The van der Waals surface area contributed by atoms with Gasteiger partial charge in [0.15, 0.2) is 5.13 Å². The van der Waals surface area contributed by atoms with Crippen molar-refractivity contribution in [2.45, 2.75) is 0 Å². The van der Waals surface area contributed by atoms with Gasteiger partial charge in [-0.05, 0) is 30.3 Å². The van der Waals surface area contributed by atoms with Gasteiger partial charge in [-0.15, -0.1) is 0 Å². The fraction of sp³-hybridized carbons (Fsp3) is 0.0667. The van der Waals surface area contributed by atoms with Crippen LogP contribution in [-0.2, 0) is 0 Å². The number of hydrogen-bond acceptors (Lipinski definition) is 4. The van der Waals surface area contributed by atoms with Gasteiger partial charge >= 0.3 is 6.03 Å². The molecule has 7 heteroatoms. The molecule has 0 bridgehead atoms. The molecule has 2 aromatic carbocycles. The van der Waals surface area contributed by atoms with Crippen molar-refractivity contribution in [1.82, 2.24) is 4.98 Å². The van der Waals surface area contributed by atoms with Crippen LogP contribution in [0.1, 0.15) is 0 Å². The summed E-state index contributed by atoms with van der Waals surface area (Å²) in [5.74, 6) is 0.753. The Kier molecular flexibility index (Phi) is 4.13. The number of fused-ring (bicyclic) bond motifs is 1. The third-order valence-electron chi connectivity index (χ3n) is 2.94. The number of rotatable bonds is 3. The van der Waals surface area contributed by atoms with Gasteiger partial charge in [0.05, 0.1) is 28.0 Å². The van der Waals surface area contributed by atoms with E-state index in [0.717, 1.165) is 16.0 Å². The van der Waals surface area contributed by atoms with Gasteiger partial charge in [0.25, 0.3) is 0 Å². The van der Waals surface area contributed by atoms with E-state index in [1.165, 1.54) is 11.3 Å². The molecule has 1 aromatic heterocycles. The molecule has 0 unspecified atom stereocenters. The van der Waals surface area contributed by atoms with E-state index in [0.29, 0.717) is 15.8 Å². The lowest BCUT2D eigenvalue weighted by molar-refractivity contribution is 0.262. The summed E-state index contributed by atoms with van der Waals surface area (Å²) in [6.07, 6.45) is 0. The zero-order valence-corrected chi connectivity index (χ0v) is 13.2. The first-order chi connectivity index (χ1) is 10.7. The molecular formula is C15H12ClN3O2S. The summed E-state index contributed by atoms with van der Waals surface area (Å²) in [6.45, 7) is 0. The van der Waals surface area contributed by atoms with E-state index >= 15 is 0 Å². The molecule has 0 aliphatic heterocycles. The number of para-hydroxylation sites is 1. The molecule has 5 nitrogen and oxygen atoms in total. The lowest BCUT2D eigenvalue weighted by Crippen LogP contribution is -2.19. The normalized spacial score (nSPS) is 10.5. The number of benzene rings is 2. The number of anilines is 2. The summed E-state index contributed by atoms with van der Waals surface area (Å²) in [5, 5.41) is 6.37. The minimum Gasteiger partial charge on any atom is -0.497 e. The lowest BCUT2D eigenvalue weighted by atomic mass is 10.3. The summed E-state index contributed by atoms with van der Waals surface area (Å²) in [4.78, 5) is 16.3. The molecule has 2 N–H and O–H groups in total. The summed E-state index contributed by atoms with van der Waals surface area (Å²) in [6, 6.07) is 12.2. The maximum absolute atomic E-state index is 12.0. The highest BCUT2D eigenvalue weighted by Gasteiger charge is 2.09. The molecule has 1 heterocycles. The van der Waals surface area contributed by atoms with Gasteiger partial charge in [0.1, 0.15) is 5.75 Å². The van der Waals surface area contributed by atoms with Crippen LogP contribution in [0.3, 0.4) is 0 Å². The monoisotopic (exact) mass is 333 g/mol. The number of carbonyl (C=O) groups excluding carboxylic acids is 1. The van der Waals surface area contributed by atoms with Crippen LogP contribution in [0.2, 0.25) is 5.02 Å². The van der Waals surface area contributed by atoms with Gasteiger partial charge < -0.3 is 10.1 Å². The second-order valence-corrected chi connectivity index (χ2v) is 5.85. The van der Waals surface area contributed by atoms with Crippen molar-refractivity contribution in [1.29, 1.82) is 0 Å². The fourth-order valence-corrected chi connectivity index (χ4v) is 2.97. The molecule has 0 radical (unpaired) electrons. The van der Waals surface area contributed by atoms with Crippen molar-refractivity contribution in [3.8, 4) is 5.75 Å². The third-order valence-corrected chi connectivity index (χ3v) is 4.20. The molecular weight excluding hydrogens is 322 g/mol. The van der Waals surface area contributed by atoms with Crippen molar-refractivity contribution in [2.75, 3.05) is 17.7 Å². The number of thiazole rings is 1. The highest BCUT2D eigenvalue weighted by molar-refractivity contribution is 7.22. The smallest absolute Gasteiger partial charge is 0.325 e. The van der Waals surface area contributed by atoms with Crippen LogP contribution >= 0.6 is 22.9 Å². The lowest BCUT2D eigenvalue weighted by Gasteiger charge is -2.06. The number of nitrogens with one attached hydrogen (secondary N) is 2. The van der Waals surface area contributed by atoms with Gasteiger partial charge in [-0.25, -0.2) is 9.78 Å². The summed E-state index contributed by atoms with van der Waals surface area (Å²) in [5.41, 5.74) is 1.35. The summed E-state index contributed by atoms with van der Waals surface area (Å²) >= 11 is 7.37. The molecule has 2 amide bonds. The van der Waals surface area contributed by atoms with Gasteiger partial charge in [-0.2, -0.15) is 0 Å². The van der Waals surface area contributed by atoms with Crippen LogP contribution in [-0.4, -0.2) is 18.1 Å². The standard InChI is InChI=1S/C15H12ClN3O2S/c1-21-9-6-7-12-13(8-9)22-15(18-12)19-14(20)17-11-5-3-2-4-10(11)16/h2-8H,1H3,(H2,17,18,19,20). The molecule has 0 atom stereocenters. The number of carbonyl (C=O) groups is 1. The second kappa shape index (κ2) is 6.21. The van der Waals surface area contributed by atoms with E-state index in [-0.39, 0.29) is 6.03 Å². The van der Waals surface area contributed by atoms with E-state index in [9.17, 15) is 4.79 Å². The van der Waals surface area contributed by atoms with Crippen molar-refractivity contribution >= 4 is 50.0 Å². The predicted octanol–water partition coefficient (Wildman–Crippen LogP) is 4.60. The van der Waals surface area contributed by atoms with Gasteiger partial charge in [-0.3, -0.25) is 5.32 Å². The van der Waals surface area contributed by atoms with Crippen molar-refractivity contribution in [2.24, 2.45) is 0 Å². The van der Waals surface area contributed by atoms with E-state index in [4.69, 9.17) is 16.3 Å². The Morgan fingerprint density at radius 2 is 2.05 bits per heavy atom. The number of ether oxygens (including phenoxy) is 1. The Balaban J connectivity index is 1.75. The van der Waals surface area contributed by atoms with Crippen LogP contribution in [0.25, 0.3) is 10.2 Å². The van der Waals surface area contributed by atoms with Gasteiger partial charge in [-0.1, -0.05) is 35.1 Å². The first-order valence-electron chi connectivity index (χ1n) is 6.43. The Morgan fingerprint density at radius 1 is 1.23 bits per heavy atom.